The van der Waals surface area contributed by atoms with Gasteiger partial charge in [-0.25, -0.2) is 4.98 Å². The number of nitriles is 2. The number of aromatic nitrogens is 1. The van der Waals surface area contributed by atoms with Crippen molar-refractivity contribution in [3.8, 4) is 29.0 Å². The van der Waals surface area contributed by atoms with Gasteiger partial charge in [-0.1, -0.05) is 19.6 Å². The molecule has 0 spiro atoms. The predicted octanol–water partition coefficient (Wildman–Crippen LogP) is 2.82. The molecule has 3 N–H and O–H groups in total. The maximum absolute atomic E-state index is 9.75. The number of nitrogen functional groups attached to an aromatic ring is 1. The van der Waals surface area contributed by atoms with E-state index in [1.807, 2.05) is 0 Å². The van der Waals surface area contributed by atoms with Crippen molar-refractivity contribution in [3.05, 3.63) is 35.4 Å². The van der Waals surface area contributed by atoms with E-state index >= 15 is 0 Å². The maximum atomic E-state index is 9.75. The number of benzene rings is 1. The van der Waals surface area contributed by atoms with Crippen LogP contribution in [0, 0.1) is 28.6 Å². The van der Waals surface area contributed by atoms with Crippen molar-refractivity contribution >= 4 is 17.6 Å². The Morgan fingerprint density at radius 1 is 1.21 bits per heavy atom. The van der Waals surface area contributed by atoms with Crippen LogP contribution in [0.1, 0.15) is 18.6 Å². The zero-order chi connectivity index (χ0) is 19.2. The van der Waals surface area contributed by atoms with Crippen LogP contribution in [0.25, 0.3) is 11.1 Å². The third-order valence-electron chi connectivity index (χ3n) is 4.08. The van der Waals surface area contributed by atoms with Crippen LogP contribution < -0.4 is 10.5 Å². The summed E-state index contributed by atoms with van der Waals surface area (Å²) in [5.41, 5.74) is 7.70. The molecule has 1 aromatic heterocycles. The van der Waals surface area contributed by atoms with E-state index in [0.29, 0.717) is 46.6 Å². The van der Waals surface area contributed by atoms with Crippen LogP contribution >= 0.6 is 11.8 Å². The molecule has 8 heteroatoms. The van der Waals surface area contributed by atoms with Crippen molar-refractivity contribution in [1.82, 2.24) is 4.98 Å². The zero-order valence-corrected chi connectivity index (χ0v) is 15.3. The smallest absolute Gasteiger partial charge is 0.143 e. The molecular weight excluding hydrogens is 376 g/mol. The van der Waals surface area contributed by atoms with Crippen LogP contribution in [0.2, 0.25) is 0 Å². The molecule has 28 heavy (non-hydrogen) atoms. The van der Waals surface area contributed by atoms with Gasteiger partial charge in [0.05, 0.1) is 25.4 Å². The molecule has 0 aliphatic carbocycles. The van der Waals surface area contributed by atoms with E-state index in [4.69, 9.17) is 20.3 Å². The molecule has 0 amide bonds. The lowest BCUT2D eigenvalue weighted by Gasteiger charge is -2.25. The molecule has 7 nitrogen and oxygen atoms in total. The van der Waals surface area contributed by atoms with Gasteiger partial charge in [0.25, 0.3) is 0 Å². The number of thioether (sulfide) groups is 1. The summed E-state index contributed by atoms with van der Waals surface area (Å²) in [7, 11) is 0. The van der Waals surface area contributed by atoms with Gasteiger partial charge in [-0.2, -0.15) is 10.5 Å². The van der Waals surface area contributed by atoms with Crippen LogP contribution in [0.4, 0.5) is 5.82 Å². The monoisotopic (exact) mass is 398 g/mol. The fourth-order valence-electron chi connectivity index (χ4n) is 2.65. The quantitative estimate of drug-likeness (QED) is 0.682. The molecule has 0 bridgehead atoms. The van der Waals surface area contributed by atoms with Gasteiger partial charge in [-0.3, -0.25) is 0 Å². The topological polar surface area (TPSA) is 125 Å². The minimum atomic E-state index is -0.0770. The predicted molar refractivity (Wildman–Crippen MR) is 108 cm³/mol. The third kappa shape index (κ3) is 4.55. The lowest BCUT2D eigenvalue weighted by Crippen LogP contribution is -2.29. The molecule has 3 rings (SSSR count). The molecule has 1 fully saturated rings. The Labute approximate surface area is 168 Å². The number of aliphatic hydroxyl groups excluding tert-OH is 1. The third-order valence-corrected chi connectivity index (χ3v) is 5.29. The number of nitrogens with zero attached hydrogens (tertiary/aromatic N) is 3. The Kier molecular flexibility index (Phi) is 7.65. The van der Waals surface area contributed by atoms with E-state index in [-0.39, 0.29) is 32.0 Å². The highest BCUT2D eigenvalue weighted by molar-refractivity contribution is 7.99. The summed E-state index contributed by atoms with van der Waals surface area (Å²) in [6.07, 6.45) is 0. The van der Waals surface area contributed by atoms with E-state index in [2.05, 4.69) is 17.1 Å². The summed E-state index contributed by atoms with van der Waals surface area (Å²) >= 11 is 1.46. The van der Waals surface area contributed by atoms with Gasteiger partial charge < -0.3 is 20.3 Å². The molecular formula is C20H22N4O3S. The summed E-state index contributed by atoms with van der Waals surface area (Å²) < 4.78 is 10.5. The molecule has 0 unspecified atom stereocenters. The van der Waals surface area contributed by atoms with E-state index in [1.54, 1.807) is 24.3 Å². The van der Waals surface area contributed by atoms with Crippen molar-refractivity contribution < 1.29 is 14.6 Å². The van der Waals surface area contributed by atoms with Crippen molar-refractivity contribution in [1.29, 1.82) is 10.5 Å². The number of hydrogen-bond donors (Lipinski definition) is 2. The van der Waals surface area contributed by atoms with Gasteiger partial charge in [0.1, 0.15) is 40.9 Å². The lowest BCUT2D eigenvalue weighted by atomic mass is 9.97. The van der Waals surface area contributed by atoms with Gasteiger partial charge in [-0.15, -0.1) is 11.8 Å². The van der Waals surface area contributed by atoms with Crippen molar-refractivity contribution in [3.63, 3.8) is 0 Å². The van der Waals surface area contributed by atoms with Crippen molar-refractivity contribution in [2.45, 2.75) is 12.5 Å². The summed E-state index contributed by atoms with van der Waals surface area (Å²) in [4.78, 5) is 4.29. The second-order valence-electron chi connectivity index (χ2n) is 5.96. The molecule has 0 radical (unpaired) electrons. The fraction of sp³-hybridized carbons (Fsp3) is 0.350. The van der Waals surface area contributed by atoms with E-state index in [9.17, 15) is 10.5 Å². The second kappa shape index (κ2) is 9.95. The summed E-state index contributed by atoms with van der Waals surface area (Å²) in [5, 5.41) is 28.7. The van der Waals surface area contributed by atoms with Crippen LogP contribution in [-0.4, -0.2) is 42.3 Å². The molecule has 146 valence electrons. The molecule has 1 aliphatic heterocycles. The Bertz CT molecular complexity index is 900. The van der Waals surface area contributed by atoms with Crippen molar-refractivity contribution in [2.75, 3.05) is 37.9 Å². The van der Waals surface area contributed by atoms with Gasteiger partial charge in [0, 0.05) is 17.2 Å². The number of pyridine rings is 1. The van der Waals surface area contributed by atoms with Crippen LogP contribution in [0.3, 0.4) is 0 Å². The van der Waals surface area contributed by atoms with Crippen LogP contribution in [0.5, 0.6) is 5.75 Å². The molecule has 1 saturated heterocycles. The Balaban J connectivity index is 0.00000280. The number of ether oxygens (including phenoxy) is 2. The normalized spacial score (nSPS) is 13.0. The molecule has 2 heterocycles. The maximum Gasteiger partial charge on any atom is 0.143 e. The van der Waals surface area contributed by atoms with Gasteiger partial charge >= 0.3 is 0 Å². The minimum Gasteiger partial charge on any atom is -0.491 e. The highest BCUT2D eigenvalue weighted by atomic mass is 32.2. The first kappa shape index (κ1) is 21.5. The van der Waals surface area contributed by atoms with Gasteiger partial charge in [-0.05, 0) is 17.7 Å². The highest BCUT2D eigenvalue weighted by Gasteiger charge is 2.23. The van der Waals surface area contributed by atoms with Crippen LogP contribution in [-0.2, 0) is 4.74 Å². The van der Waals surface area contributed by atoms with Gasteiger partial charge in [0.15, 0.2) is 0 Å². The first-order valence-corrected chi connectivity index (χ1v) is 9.34. The average Bonchev–Trinajstić information content (AvgIpc) is 2.65. The SMILES string of the molecule is C.N#Cc1c(N)nc(SCC2COC2)c(C#N)c1-c1ccc(OCCO)cc1. The number of rotatable bonds is 7. The minimum absolute atomic E-state index is 0. The van der Waals surface area contributed by atoms with E-state index in [1.165, 1.54) is 11.8 Å². The summed E-state index contributed by atoms with van der Waals surface area (Å²) in [6, 6.07) is 11.2. The highest BCUT2D eigenvalue weighted by Crippen LogP contribution is 2.37. The second-order valence-corrected chi connectivity index (χ2v) is 6.97. The molecule has 2 aromatic rings. The molecule has 0 saturated carbocycles. The Morgan fingerprint density at radius 2 is 1.89 bits per heavy atom. The van der Waals surface area contributed by atoms with Gasteiger partial charge in [0.2, 0.25) is 0 Å². The van der Waals surface area contributed by atoms with Crippen LogP contribution in [0.15, 0.2) is 29.3 Å². The lowest BCUT2D eigenvalue weighted by molar-refractivity contribution is -0.0196. The zero-order valence-electron chi connectivity index (χ0n) is 14.5. The average molecular weight is 398 g/mol. The Morgan fingerprint density at radius 3 is 2.43 bits per heavy atom. The first-order valence-electron chi connectivity index (χ1n) is 8.36. The number of hydrogen-bond acceptors (Lipinski definition) is 8. The number of anilines is 1. The van der Waals surface area contributed by atoms with E-state index in [0.717, 1.165) is 5.75 Å². The number of aliphatic hydroxyl groups is 1. The first-order chi connectivity index (χ1) is 13.2. The molecule has 1 aromatic carbocycles. The molecule has 0 atom stereocenters. The number of nitrogens with two attached hydrogens (primary N) is 1. The van der Waals surface area contributed by atoms with Crippen molar-refractivity contribution in [2.24, 2.45) is 5.92 Å². The Hall–Kier alpha value is -2.78. The standard InChI is InChI=1S/C19H18N4O3S.CH4/c20-7-15-17(13-1-3-14(4-2-13)26-6-5-24)16(8-21)19(23-18(15)22)27-11-12-9-25-10-12;/h1-4,12,24H,5-6,9-11H2,(H2,22,23);1H4. The summed E-state index contributed by atoms with van der Waals surface area (Å²) in [5.74, 6) is 1.91. The fourth-order valence-corrected chi connectivity index (χ4v) is 3.69. The summed E-state index contributed by atoms with van der Waals surface area (Å²) in [6.45, 7) is 1.54. The molecule has 1 aliphatic rings. The largest absolute Gasteiger partial charge is 0.491 e. The van der Waals surface area contributed by atoms with E-state index < -0.39 is 0 Å².